The number of rotatable bonds is 3. The van der Waals surface area contributed by atoms with Gasteiger partial charge in [-0.3, -0.25) is 9.59 Å². The summed E-state index contributed by atoms with van der Waals surface area (Å²) in [7, 11) is 0. The van der Waals surface area contributed by atoms with Crippen molar-refractivity contribution in [3.8, 4) is 0 Å². The van der Waals surface area contributed by atoms with Gasteiger partial charge in [-0.15, -0.1) is 0 Å². The van der Waals surface area contributed by atoms with Crippen LogP contribution in [-0.2, 0) is 4.79 Å². The van der Waals surface area contributed by atoms with Gasteiger partial charge in [0.2, 0.25) is 5.91 Å². The molecule has 16 heavy (non-hydrogen) atoms. The van der Waals surface area contributed by atoms with Crippen molar-refractivity contribution in [1.82, 2.24) is 0 Å². The maximum Gasteiger partial charge on any atom is 0.227 e. The van der Waals surface area contributed by atoms with E-state index in [4.69, 9.17) is 23.2 Å². The fraction of sp³-hybridized carbons (Fsp3) is 0.273. The molecule has 84 valence electrons. The van der Waals surface area contributed by atoms with Gasteiger partial charge in [-0.05, 0) is 25.0 Å². The van der Waals surface area contributed by atoms with Crippen LogP contribution in [0.25, 0.3) is 0 Å². The summed E-state index contributed by atoms with van der Waals surface area (Å²) in [6.45, 7) is 0. The Morgan fingerprint density at radius 2 is 1.88 bits per heavy atom. The summed E-state index contributed by atoms with van der Waals surface area (Å²) in [5.41, 5.74) is 0.769. The Labute approximate surface area is 103 Å². The zero-order valence-corrected chi connectivity index (χ0v) is 9.81. The van der Waals surface area contributed by atoms with E-state index in [1.807, 2.05) is 0 Å². The lowest BCUT2D eigenvalue weighted by atomic mass is 10.2. The maximum atomic E-state index is 11.5. The van der Waals surface area contributed by atoms with Crippen LogP contribution in [0.4, 0.5) is 5.69 Å². The van der Waals surface area contributed by atoms with Crippen LogP contribution in [-0.4, -0.2) is 12.2 Å². The van der Waals surface area contributed by atoms with Gasteiger partial charge in [0, 0.05) is 11.6 Å². The predicted molar refractivity (Wildman–Crippen MR) is 63.2 cm³/mol. The summed E-state index contributed by atoms with van der Waals surface area (Å²) in [6, 6.07) is 3.05. The second-order valence-electron chi connectivity index (χ2n) is 3.73. The molecule has 0 atom stereocenters. The summed E-state index contributed by atoms with van der Waals surface area (Å²) in [5, 5.41) is 3.20. The standard InChI is InChI=1S/C11H9Cl2NO2/c12-9-3-7(4-10(13)8(9)5-15)14-11(16)6-1-2-6/h3-6H,1-2H2,(H,14,16). The topological polar surface area (TPSA) is 46.2 Å². The molecule has 5 heteroatoms. The highest BCUT2D eigenvalue weighted by molar-refractivity contribution is 6.39. The van der Waals surface area contributed by atoms with E-state index in [0.29, 0.717) is 12.0 Å². The van der Waals surface area contributed by atoms with E-state index in [1.54, 1.807) is 0 Å². The lowest BCUT2D eigenvalue weighted by Gasteiger charge is -2.07. The third-order valence-electron chi connectivity index (χ3n) is 2.41. The molecule has 1 amide bonds. The molecule has 1 aromatic rings. The Kier molecular flexibility index (Phi) is 3.17. The van der Waals surface area contributed by atoms with E-state index >= 15 is 0 Å². The molecule has 1 aliphatic rings. The zero-order chi connectivity index (χ0) is 11.7. The van der Waals surface area contributed by atoms with Crippen LogP contribution in [0.1, 0.15) is 23.2 Å². The van der Waals surface area contributed by atoms with Gasteiger partial charge in [-0.1, -0.05) is 23.2 Å². The molecule has 1 N–H and O–H groups in total. The fourth-order valence-corrected chi connectivity index (χ4v) is 1.94. The first-order valence-electron chi connectivity index (χ1n) is 4.87. The third-order valence-corrected chi connectivity index (χ3v) is 3.04. The van der Waals surface area contributed by atoms with Crippen LogP contribution in [0, 0.1) is 5.92 Å². The molecule has 1 saturated carbocycles. The molecular formula is C11H9Cl2NO2. The first-order chi connectivity index (χ1) is 7.61. The number of carbonyl (C=O) groups excluding carboxylic acids is 2. The Hall–Kier alpha value is -1.06. The quantitative estimate of drug-likeness (QED) is 0.846. The maximum absolute atomic E-state index is 11.5. The van der Waals surface area contributed by atoms with Crippen LogP contribution < -0.4 is 5.32 Å². The number of halogens is 2. The first kappa shape index (κ1) is 11.4. The van der Waals surface area contributed by atoms with Crippen LogP contribution in [0.3, 0.4) is 0 Å². The van der Waals surface area contributed by atoms with Gasteiger partial charge in [0.05, 0.1) is 15.6 Å². The fourth-order valence-electron chi connectivity index (χ4n) is 1.36. The smallest absolute Gasteiger partial charge is 0.227 e. The molecule has 0 unspecified atom stereocenters. The molecule has 1 aromatic carbocycles. The van der Waals surface area contributed by atoms with Gasteiger partial charge in [0.25, 0.3) is 0 Å². The highest BCUT2D eigenvalue weighted by atomic mass is 35.5. The summed E-state index contributed by atoms with van der Waals surface area (Å²) in [6.07, 6.45) is 2.45. The first-order valence-corrected chi connectivity index (χ1v) is 5.62. The largest absolute Gasteiger partial charge is 0.326 e. The number of nitrogens with one attached hydrogen (secondary N) is 1. The van der Waals surface area contributed by atoms with Gasteiger partial charge in [-0.2, -0.15) is 0 Å². The number of amides is 1. The monoisotopic (exact) mass is 257 g/mol. The second-order valence-corrected chi connectivity index (χ2v) is 4.55. The summed E-state index contributed by atoms with van der Waals surface area (Å²) in [4.78, 5) is 22.1. The molecule has 1 fully saturated rings. The van der Waals surface area contributed by atoms with E-state index < -0.39 is 0 Å². The van der Waals surface area contributed by atoms with Gasteiger partial charge >= 0.3 is 0 Å². The Bertz CT molecular complexity index is 432. The van der Waals surface area contributed by atoms with Crippen molar-refractivity contribution in [2.45, 2.75) is 12.8 Å². The molecular weight excluding hydrogens is 249 g/mol. The van der Waals surface area contributed by atoms with Crippen molar-refractivity contribution < 1.29 is 9.59 Å². The summed E-state index contributed by atoms with van der Waals surface area (Å²) >= 11 is 11.7. The molecule has 0 aliphatic heterocycles. The molecule has 0 saturated heterocycles. The number of aldehydes is 1. The van der Waals surface area contributed by atoms with Crippen molar-refractivity contribution in [3.05, 3.63) is 27.7 Å². The van der Waals surface area contributed by atoms with E-state index in [1.165, 1.54) is 12.1 Å². The predicted octanol–water partition coefficient (Wildman–Crippen LogP) is 3.15. The lowest BCUT2D eigenvalue weighted by molar-refractivity contribution is -0.117. The minimum Gasteiger partial charge on any atom is -0.326 e. The van der Waals surface area contributed by atoms with Gasteiger partial charge in [0.15, 0.2) is 6.29 Å². The molecule has 0 spiro atoms. The molecule has 0 radical (unpaired) electrons. The molecule has 0 heterocycles. The highest BCUT2D eigenvalue weighted by Gasteiger charge is 2.29. The van der Waals surface area contributed by atoms with Gasteiger partial charge < -0.3 is 5.32 Å². The average molecular weight is 258 g/mol. The zero-order valence-electron chi connectivity index (χ0n) is 8.30. The van der Waals surface area contributed by atoms with Gasteiger partial charge in [-0.25, -0.2) is 0 Å². The lowest BCUT2D eigenvalue weighted by Crippen LogP contribution is -2.13. The molecule has 3 nitrogen and oxygen atoms in total. The van der Waals surface area contributed by atoms with Crippen LogP contribution in [0.15, 0.2) is 12.1 Å². The Morgan fingerprint density at radius 3 is 2.31 bits per heavy atom. The second kappa shape index (κ2) is 4.44. The van der Waals surface area contributed by atoms with Crippen LogP contribution in [0.2, 0.25) is 10.0 Å². The number of hydrogen-bond donors (Lipinski definition) is 1. The molecule has 2 rings (SSSR count). The van der Waals surface area contributed by atoms with Crippen molar-refractivity contribution in [3.63, 3.8) is 0 Å². The molecule has 1 aliphatic carbocycles. The van der Waals surface area contributed by atoms with Crippen LogP contribution in [0.5, 0.6) is 0 Å². The minimum absolute atomic E-state index is 0.0222. The van der Waals surface area contributed by atoms with Crippen molar-refractivity contribution in [2.24, 2.45) is 5.92 Å². The van der Waals surface area contributed by atoms with E-state index in [9.17, 15) is 9.59 Å². The number of carbonyl (C=O) groups is 2. The Balaban J connectivity index is 2.21. The van der Waals surface area contributed by atoms with Crippen molar-refractivity contribution >= 4 is 41.1 Å². The summed E-state index contributed by atoms with van der Waals surface area (Å²) in [5.74, 6) is 0.0919. The number of anilines is 1. The minimum atomic E-state index is -0.0222. The molecule has 0 aromatic heterocycles. The van der Waals surface area contributed by atoms with Gasteiger partial charge in [0.1, 0.15) is 0 Å². The van der Waals surface area contributed by atoms with Crippen LogP contribution >= 0.6 is 23.2 Å². The SMILES string of the molecule is O=Cc1c(Cl)cc(NC(=O)C2CC2)cc1Cl. The highest BCUT2D eigenvalue weighted by Crippen LogP contribution is 2.32. The number of hydrogen-bond acceptors (Lipinski definition) is 2. The van der Waals surface area contributed by atoms with E-state index in [0.717, 1.165) is 12.8 Å². The van der Waals surface area contributed by atoms with E-state index in [-0.39, 0.29) is 27.4 Å². The van der Waals surface area contributed by atoms with Crippen molar-refractivity contribution in [2.75, 3.05) is 5.32 Å². The average Bonchev–Trinajstić information content (AvgIpc) is 2.99. The third kappa shape index (κ3) is 2.36. The molecule has 0 bridgehead atoms. The van der Waals surface area contributed by atoms with E-state index in [2.05, 4.69) is 5.32 Å². The number of benzene rings is 1. The Morgan fingerprint density at radius 1 is 1.31 bits per heavy atom. The summed E-state index contributed by atoms with van der Waals surface area (Å²) < 4.78 is 0. The normalized spacial score (nSPS) is 14.6. The van der Waals surface area contributed by atoms with Crippen molar-refractivity contribution in [1.29, 1.82) is 0 Å².